The van der Waals surface area contributed by atoms with Crippen LogP contribution in [0.2, 0.25) is 4.34 Å². The van der Waals surface area contributed by atoms with Crippen molar-refractivity contribution in [3.05, 3.63) is 45.1 Å². The molecule has 0 bridgehead atoms. The van der Waals surface area contributed by atoms with E-state index in [0.29, 0.717) is 19.8 Å². The first-order chi connectivity index (χ1) is 9.72. The summed E-state index contributed by atoms with van der Waals surface area (Å²) in [6.07, 6.45) is 0.975. The molecule has 2 rings (SSSR count). The maximum absolute atomic E-state index is 5.91. The third-order valence-corrected chi connectivity index (χ3v) is 3.93. The summed E-state index contributed by atoms with van der Waals surface area (Å²) in [6, 6.07) is 9.60. The topological polar surface area (TPSA) is 44.5 Å². The molecule has 0 aliphatic carbocycles. The highest BCUT2D eigenvalue weighted by Gasteiger charge is 2.06. The fourth-order valence-corrected chi connectivity index (χ4v) is 2.73. The number of thiophene rings is 1. The summed E-state index contributed by atoms with van der Waals surface area (Å²) >= 11 is 7.42. The summed E-state index contributed by atoms with van der Waals surface area (Å²) in [5.74, 6) is 1.58. The Balaban J connectivity index is 2.07. The van der Waals surface area contributed by atoms with Gasteiger partial charge in [0.05, 0.1) is 10.9 Å². The standard InChI is InChI=1S/C15H18ClNO2S/c1-2-7-18-12-4-3-11(9-17)14(8-12)19-10-13-5-6-15(16)20-13/h3-6,8H,2,7,9-10,17H2,1H3. The number of ether oxygens (including phenoxy) is 2. The van der Waals surface area contributed by atoms with E-state index in [2.05, 4.69) is 6.92 Å². The molecule has 108 valence electrons. The summed E-state index contributed by atoms with van der Waals surface area (Å²) in [6.45, 7) is 3.70. The van der Waals surface area contributed by atoms with Crippen molar-refractivity contribution in [3.8, 4) is 11.5 Å². The molecule has 0 atom stereocenters. The van der Waals surface area contributed by atoms with Gasteiger partial charge in [-0.2, -0.15) is 0 Å². The smallest absolute Gasteiger partial charge is 0.128 e. The first-order valence-corrected chi connectivity index (χ1v) is 7.75. The minimum atomic E-state index is 0.439. The molecule has 0 saturated carbocycles. The van der Waals surface area contributed by atoms with Crippen LogP contribution in [-0.4, -0.2) is 6.61 Å². The van der Waals surface area contributed by atoms with Gasteiger partial charge in [-0.3, -0.25) is 0 Å². The SMILES string of the molecule is CCCOc1ccc(CN)c(OCc2ccc(Cl)s2)c1. The lowest BCUT2D eigenvalue weighted by Gasteiger charge is -2.12. The molecule has 1 aromatic carbocycles. The zero-order valence-corrected chi connectivity index (χ0v) is 13.0. The van der Waals surface area contributed by atoms with Gasteiger partial charge in [-0.15, -0.1) is 11.3 Å². The molecule has 0 unspecified atom stereocenters. The van der Waals surface area contributed by atoms with Crippen molar-refractivity contribution < 1.29 is 9.47 Å². The van der Waals surface area contributed by atoms with E-state index < -0.39 is 0 Å². The summed E-state index contributed by atoms with van der Waals surface area (Å²) < 4.78 is 12.2. The van der Waals surface area contributed by atoms with E-state index in [9.17, 15) is 0 Å². The third-order valence-electron chi connectivity index (χ3n) is 2.73. The van der Waals surface area contributed by atoms with Crippen LogP contribution in [-0.2, 0) is 13.2 Å². The van der Waals surface area contributed by atoms with Crippen LogP contribution in [0.4, 0.5) is 0 Å². The van der Waals surface area contributed by atoms with Crippen LogP contribution < -0.4 is 15.2 Å². The molecule has 5 heteroatoms. The van der Waals surface area contributed by atoms with Crippen molar-refractivity contribution in [2.75, 3.05) is 6.61 Å². The minimum Gasteiger partial charge on any atom is -0.493 e. The van der Waals surface area contributed by atoms with Crippen LogP contribution in [0.25, 0.3) is 0 Å². The highest BCUT2D eigenvalue weighted by atomic mass is 35.5. The molecule has 0 spiro atoms. The number of halogens is 1. The number of hydrogen-bond donors (Lipinski definition) is 1. The van der Waals surface area contributed by atoms with E-state index in [1.165, 1.54) is 11.3 Å². The average molecular weight is 312 g/mol. The fourth-order valence-electron chi connectivity index (χ4n) is 1.73. The lowest BCUT2D eigenvalue weighted by molar-refractivity contribution is 0.294. The number of rotatable bonds is 7. The number of benzene rings is 1. The largest absolute Gasteiger partial charge is 0.493 e. The van der Waals surface area contributed by atoms with Gasteiger partial charge in [0, 0.05) is 23.1 Å². The molecular formula is C15H18ClNO2S. The Hall–Kier alpha value is -1.23. The normalized spacial score (nSPS) is 10.6. The molecule has 20 heavy (non-hydrogen) atoms. The Morgan fingerprint density at radius 3 is 2.70 bits per heavy atom. The Kier molecular flexibility index (Phi) is 5.71. The summed E-state index contributed by atoms with van der Waals surface area (Å²) in [4.78, 5) is 1.08. The van der Waals surface area contributed by atoms with Gasteiger partial charge in [-0.05, 0) is 24.6 Å². The van der Waals surface area contributed by atoms with Crippen molar-refractivity contribution in [3.63, 3.8) is 0 Å². The van der Waals surface area contributed by atoms with Crippen molar-refractivity contribution in [1.82, 2.24) is 0 Å². The molecular weight excluding hydrogens is 294 g/mol. The number of nitrogens with two attached hydrogens (primary N) is 1. The Labute approximate surface area is 128 Å². The van der Waals surface area contributed by atoms with E-state index >= 15 is 0 Å². The van der Waals surface area contributed by atoms with Crippen molar-refractivity contribution in [2.45, 2.75) is 26.5 Å². The third kappa shape index (κ3) is 4.13. The second-order valence-electron chi connectivity index (χ2n) is 4.32. The molecule has 0 fully saturated rings. The molecule has 0 radical (unpaired) electrons. The van der Waals surface area contributed by atoms with E-state index in [1.807, 2.05) is 30.3 Å². The van der Waals surface area contributed by atoms with Gasteiger partial charge in [-0.1, -0.05) is 24.6 Å². The van der Waals surface area contributed by atoms with Crippen LogP contribution in [0, 0.1) is 0 Å². The first kappa shape index (κ1) is 15.2. The van der Waals surface area contributed by atoms with Gasteiger partial charge in [0.25, 0.3) is 0 Å². The number of hydrogen-bond acceptors (Lipinski definition) is 4. The molecule has 0 amide bonds. The maximum Gasteiger partial charge on any atom is 0.128 e. The fraction of sp³-hybridized carbons (Fsp3) is 0.333. The van der Waals surface area contributed by atoms with Gasteiger partial charge < -0.3 is 15.2 Å². The molecule has 0 aliphatic heterocycles. The Bertz CT molecular complexity index is 557. The second-order valence-corrected chi connectivity index (χ2v) is 6.12. The summed E-state index contributed by atoms with van der Waals surface area (Å²) in [5.41, 5.74) is 6.70. The molecule has 2 N–H and O–H groups in total. The van der Waals surface area contributed by atoms with Gasteiger partial charge in [-0.25, -0.2) is 0 Å². The van der Waals surface area contributed by atoms with Crippen molar-refractivity contribution in [1.29, 1.82) is 0 Å². The highest BCUT2D eigenvalue weighted by molar-refractivity contribution is 7.16. The van der Waals surface area contributed by atoms with Gasteiger partial charge >= 0.3 is 0 Å². The lowest BCUT2D eigenvalue weighted by atomic mass is 10.2. The van der Waals surface area contributed by atoms with Crippen LogP contribution in [0.3, 0.4) is 0 Å². The zero-order valence-electron chi connectivity index (χ0n) is 11.4. The van der Waals surface area contributed by atoms with Crippen LogP contribution in [0.1, 0.15) is 23.8 Å². The van der Waals surface area contributed by atoms with E-state index in [1.54, 1.807) is 0 Å². The molecule has 0 aliphatic rings. The van der Waals surface area contributed by atoms with Gasteiger partial charge in [0.15, 0.2) is 0 Å². The summed E-state index contributed by atoms with van der Waals surface area (Å²) in [7, 11) is 0. The predicted octanol–water partition coefficient (Wildman–Crippen LogP) is 4.23. The molecule has 1 heterocycles. The van der Waals surface area contributed by atoms with Crippen LogP contribution >= 0.6 is 22.9 Å². The van der Waals surface area contributed by atoms with Crippen LogP contribution in [0.15, 0.2) is 30.3 Å². The van der Waals surface area contributed by atoms with E-state index in [0.717, 1.165) is 32.7 Å². The quantitative estimate of drug-likeness (QED) is 0.832. The van der Waals surface area contributed by atoms with Crippen LogP contribution in [0.5, 0.6) is 11.5 Å². The van der Waals surface area contributed by atoms with Crippen molar-refractivity contribution in [2.24, 2.45) is 5.73 Å². The zero-order chi connectivity index (χ0) is 14.4. The second kappa shape index (κ2) is 7.53. The highest BCUT2D eigenvalue weighted by Crippen LogP contribution is 2.27. The van der Waals surface area contributed by atoms with Gasteiger partial charge in [0.1, 0.15) is 18.1 Å². The Morgan fingerprint density at radius 2 is 2.05 bits per heavy atom. The molecule has 0 saturated heterocycles. The monoisotopic (exact) mass is 311 g/mol. The van der Waals surface area contributed by atoms with Gasteiger partial charge in [0.2, 0.25) is 0 Å². The van der Waals surface area contributed by atoms with E-state index in [4.69, 9.17) is 26.8 Å². The summed E-state index contributed by atoms with van der Waals surface area (Å²) in [5, 5.41) is 0. The van der Waals surface area contributed by atoms with E-state index in [-0.39, 0.29) is 0 Å². The Morgan fingerprint density at radius 1 is 1.20 bits per heavy atom. The van der Waals surface area contributed by atoms with Crippen molar-refractivity contribution >= 4 is 22.9 Å². The lowest BCUT2D eigenvalue weighted by Crippen LogP contribution is -2.03. The molecule has 1 aromatic heterocycles. The molecule has 3 nitrogen and oxygen atoms in total. The molecule has 2 aromatic rings. The average Bonchev–Trinajstić information content (AvgIpc) is 2.88. The maximum atomic E-state index is 5.91. The minimum absolute atomic E-state index is 0.439. The predicted molar refractivity (Wildman–Crippen MR) is 83.8 cm³/mol. The first-order valence-electron chi connectivity index (χ1n) is 6.55.